The molecule has 3 rings (SSSR count). The smallest absolute Gasteiger partial charge is 0.178 e. The molecule has 0 amide bonds. The number of thiazole rings is 1. The number of aldehydes is 1. The van der Waals surface area contributed by atoms with Crippen LogP contribution in [0, 0.1) is 5.82 Å². The van der Waals surface area contributed by atoms with E-state index in [9.17, 15) is 9.18 Å². The van der Waals surface area contributed by atoms with E-state index in [0.717, 1.165) is 28.1 Å². The molecule has 1 aromatic heterocycles. The number of benzene rings is 2. The third-order valence-electron chi connectivity index (χ3n) is 2.94. The predicted octanol–water partition coefficient (Wildman–Crippen LogP) is 4.51. The van der Waals surface area contributed by atoms with Gasteiger partial charge in [-0.25, -0.2) is 9.37 Å². The summed E-state index contributed by atoms with van der Waals surface area (Å²) < 4.78 is 12.9. The normalized spacial score (nSPS) is 10.3. The van der Waals surface area contributed by atoms with Crippen molar-refractivity contribution in [3.8, 4) is 10.4 Å². The highest BCUT2D eigenvalue weighted by Gasteiger charge is 2.08. The first-order valence-electron chi connectivity index (χ1n) is 6.29. The van der Waals surface area contributed by atoms with Gasteiger partial charge < -0.3 is 5.32 Å². The van der Waals surface area contributed by atoms with E-state index < -0.39 is 0 Å². The molecule has 1 heterocycles. The number of nitrogens with zero attached hydrogens (tertiary/aromatic N) is 1. The van der Waals surface area contributed by atoms with Crippen LogP contribution in [-0.4, -0.2) is 11.3 Å². The quantitative estimate of drug-likeness (QED) is 0.721. The van der Waals surface area contributed by atoms with Gasteiger partial charge in [0, 0.05) is 23.1 Å². The molecule has 21 heavy (non-hydrogen) atoms. The standard InChI is InChI=1S/C16H11FN2OS/c17-11-5-7-12(8-6-11)19-14-4-2-1-3-13(14)15-9-18-16(10-20)21-15/h1-10,19H. The Morgan fingerprint density at radius 3 is 2.57 bits per heavy atom. The first-order valence-corrected chi connectivity index (χ1v) is 7.11. The van der Waals surface area contributed by atoms with Crippen molar-refractivity contribution in [2.24, 2.45) is 0 Å². The van der Waals surface area contributed by atoms with Gasteiger partial charge in [-0.15, -0.1) is 11.3 Å². The molecular formula is C16H11FN2OS. The van der Waals surface area contributed by atoms with Crippen LogP contribution in [0.15, 0.2) is 54.7 Å². The van der Waals surface area contributed by atoms with Gasteiger partial charge in [-0.2, -0.15) is 0 Å². The number of hydrogen-bond donors (Lipinski definition) is 1. The molecule has 0 fully saturated rings. The van der Waals surface area contributed by atoms with E-state index in [1.807, 2.05) is 24.3 Å². The zero-order valence-corrected chi connectivity index (χ0v) is 11.7. The lowest BCUT2D eigenvalue weighted by Gasteiger charge is -2.10. The predicted molar refractivity (Wildman–Crippen MR) is 82.6 cm³/mol. The largest absolute Gasteiger partial charge is 0.355 e. The maximum atomic E-state index is 12.9. The first kappa shape index (κ1) is 13.5. The second-order valence-corrected chi connectivity index (χ2v) is 5.42. The van der Waals surface area contributed by atoms with Crippen molar-refractivity contribution in [2.75, 3.05) is 5.32 Å². The second-order valence-electron chi connectivity index (χ2n) is 4.36. The van der Waals surface area contributed by atoms with Crippen molar-refractivity contribution in [3.05, 3.63) is 65.6 Å². The number of hydrogen-bond acceptors (Lipinski definition) is 4. The molecule has 0 aliphatic heterocycles. The van der Waals surface area contributed by atoms with E-state index in [1.165, 1.54) is 23.5 Å². The van der Waals surface area contributed by atoms with Crippen LogP contribution in [0.4, 0.5) is 15.8 Å². The van der Waals surface area contributed by atoms with Gasteiger partial charge in [0.25, 0.3) is 0 Å². The average Bonchev–Trinajstić information content (AvgIpc) is 2.99. The number of carbonyl (C=O) groups excluding carboxylic acids is 1. The van der Waals surface area contributed by atoms with E-state index in [4.69, 9.17) is 0 Å². The minimum absolute atomic E-state index is 0.271. The van der Waals surface area contributed by atoms with Crippen LogP contribution >= 0.6 is 11.3 Å². The van der Waals surface area contributed by atoms with Crippen molar-refractivity contribution in [1.29, 1.82) is 0 Å². The Morgan fingerprint density at radius 2 is 1.86 bits per heavy atom. The van der Waals surface area contributed by atoms with Crippen molar-refractivity contribution in [2.45, 2.75) is 0 Å². The summed E-state index contributed by atoms with van der Waals surface area (Å²) in [5.41, 5.74) is 2.63. The number of aromatic nitrogens is 1. The number of para-hydroxylation sites is 1. The van der Waals surface area contributed by atoms with Gasteiger partial charge in [0.2, 0.25) is 0 Å². The van der Waals surface area contributed by atoms with E-state index in [-0.39, 0.29) is 5.82 Å². The monoisotopic (exact) mass is 298 g/mol. The number of carbonyl (C=O) groups is 1. The molecule has 3 aromatic rings. The minimum Gasteiger partial charge on any atom is -0.355 e. The Morgan fingerprint density at radius 1 is 1.10 bits per heavy atom. The Labute approximate surface area is 125 Å². The lowest BCUT2D eigenvalue weighted by atomic mass is 10.1. The van der Waals surface area contributed by atoms with E-state index in [2.05, 4.69) is 10.3 Å². The number of rotatable bonds is 4. The summed E-state index contributed by atoms with van der Waals surface area (Å²) in [6, 6.07) is 13.9. The molecule has 0 saturated carbocycles. The fourth-order valence-corrected chi connectivity index (χ4v) is 2.73. The van der Waals surface area contributed by atoms with Crippen LogP contribution in [0.25, 0.3) is 10.4 Å². The van der Waals surface area contributed by atoms with Gasteiger partial charge in [-0.3, -0.25) is 4.79 Å². The van der Waals surface area contributed by atoms with E-state index in [1.54, 1.807) is 18.3 Å². The van der Waals surface area contributed by atoms with E-state index >= 15 is 0 Å². The molecule has 0 atom stereocenters. The highest BCUT2D eigenvalue weighted by Crippen LogP contribution is 2.33. The second kappa shape index (κ2) is 5.85. The molecule has 0 aliphatic rings. The molecule has 0 aliphatic carbocycles. The van der Waals surface area contributed by atoms with Crippen LogP contribution in [-0.2, 0) is 0 Å². The van der Waals surface area contributed by atoms with Crippen molar-refractivity contribution in [3.63, 3.8) is 0 Å². The first-order chi connectivity index (χ1) is 10.3. The lowest BCUT2D eigenvalue weighted by molar-refractivity contribution is 0.112. The number of nitrogens with one attached hydrogen (secondary N) is 1. The zero-order valence-electron chi connectivity index (χ0n) is 10.9. The highest BCUT2D eigenvalue weighted by molar-refractivity contribution is 7.16. The third-order valence-corrected chi connectivity index (χ3v) is 3.90. The number of anilines is 2. The van der Waals surface area contributed by atoms with Gasteiger partial charge in [0.05, 0.1) is 4.88 Å². The molecule has 2 aromatic carbocycles. The Hall–Kier alpha value is -2.53. The Balaban J connectivity index is 1.95. The van der Waals surface area contributed by atoms with Crippen LogP contribution in [0.5, 0.6) is 0 Å². The van der Waals surface area contributed by atoms with Crippen LogP contribution in [0.1, 0.15) is 9.80 Å². The molecule has 104 valence electrons. The summed E-state index contributed by atoms with van der Waals surface area (Å²) >= 11 is 1.33. The highest BCUT2D eigenvalue weighted by atomic mass is 32.1. The summed E-state index contributed by atoms with van der Waals surface area (Å²) in [6.07, 6.45) is 2.42. The molecular weight excluding hydrogens is 287 g/mol. The molecule has 3 nitrogen and oxygen atoms in total. The zero-order chi connectivity index (χ0) is 14.7. The van der Waals surface area contributed by atoms with Gasteiger partial charge in [0.1, 0.15) is 5.82 Å². The summed E-state index contributed by atoms with van der Waals surface area (Å²) in [4.78, 5) is 15.7. The van der Waals surface area contributed by atoms with E-state index in [0.29, 0.717) is 5.01 Å². The fraction of sp³-hybridized carbons (Fsp3) is 0. The molecule has 0 unspecified atom stereocenters. The molecule has 0 bridgehead atoms. The fourth-order valence-electron chi connectivity index (χ4n) is 1.96. The minimum atomic E-state index is -0.271. The van der Waals surface area contributed by atoms with Crippen LogP contribution in [0.3, 0.4) is 0 Å². The molecule has 0 spiro atoms. The summed E-state index contributed by atoms with van der Waals surface area (Å²) in [7, 11) is 0. The molecule has 5 heteroatoms. The SMILES string of the molecule is O=Cc1ncc(-c2ccccc2Nc2ccc(F)cc2)s1. The van der Waals surface area contributed by atoms with Crippen LogP contribution < -0.4 is 5.32 Å². The van der Waals surface area contributed by atoms with Gasteiger partial charge in [0.15, 0.2) is 11.3 Å². The van der Waals surface area contributed by atoms with Crippen LogP contribution in [0.2, 0.25) is 0 Å². The maximum absolute atomic E-state index is 12.9. The van der Waals surface area contributed by atoms with Crippen molar-refractivity contribution < 1.29 is 9.18 Å². The molecule has 0 radical (unpaired) electrons. The average molecular weight is 298 g/mol. The third kappa shape index (κ3) is 2.98. The lowest BCUT2D eigenvalue weighted by Crippen LogP contribution is -1.92. The summed E-state index contributed by atoms with van der Waals surface area (Å²) in [5, 5.41) is 3.70. The Bertz CT molecular complexity index is 768. The molecule has 0 saturated heterocycles. The van der Waals surface area contributed by atoms with Gasteiger partial charge in [-0.05, 0) is 30.3 Å². The number of halogens is 1. The Kier molecular flexibility index (Phi) is 3.75. The summed E-state index contributed by atoms with van der Waals surface area (Å²) in [5.74, 6) is -0.271. The summed E-state index contributed by atoms with van der Waals surface area (Å²) in [6.45, 7) is 0. The van der Waals surface area contributed by atoms with Gasteiger partial charge in [-0.1, -0.05) is 18.2 Å². The molecule has 1 N–H and O–H groups in total. The maximum Gasteiger partial charge on any atom is 0.178 e. The van der Waals surface area contributed by atoms with Crippen molar-refractivity contribution in [1.82, 2.24) is 4.98 Å². The van der Waals surface area contributed by atoms with Gasteiger partial charge >= 0.3 is 0 Å². The topological polar surface area (TPSA) is 42.0 Å². The van der Waals surface area contributed by atoms with Crippen molar-refractivity contribution >= 4 is 29.0 Å².